The van der Waals surface area contributed by atoms with Gasteiger partial charge in [-0.25, -0.2) is 0 Å². The Morgan fingerprint density at radius 1 is 0.871 bits per heavy atom. The number of carbonyl (C=O) groups excluding carboxylic acids is 2. The van der Waals surface area contributed by atoms with E-state index in [4.69, 9.17) is 9.47 Å². The smallest absolute Gasteiger partial charge is 0.251 e. The second kappa shape index (κ2) is 11.4. The summed E-state index contributed by atoms with van der Waals surface area (Å²) in [6.07, 6.45) is 0.127. The molecular weight excluding hydrogens is 392 g/mol. The molecule has 0 spiro atoms. The summed E-state index contributed by atoms with van der Waals surface area (Å²) in [4.78, 5) is 25.1. The number of benzene rings is 3. The van der Waals surface area contributed by atoms with E-state index in [1.54, 1.807) is 25.3 Å². The molecule has 2 amide bonds. The van der Waals surface area contributed by atoms with Gasteiger partial charge in [0.25, 0.3) is 5.91 Å². The molecule has 1 atom stereocenters. The highest BCUT2D eigenvalue weighted by atomic mass is 16.5. The lowest BCUT2D eigenvalue weighted by atomic mass is 10.0. The van der Waals surface area contributed by atoms with Gasteiger partial charge < -0.3 is 20.1 Å². The van der Waals surface area contributed by atoms with Gasteiger partial charge in [-0.3, -0.25) is 9.59 Å². The lowest BCUT2D eigenvalue weighted by Gasteiger charge is -2.19. The number of ether oxygens (including phenoxy) is 2. The Kier molecular flexibility index (Phi) is 8.05. The fourth-order valence-electron chi connectivity index (χ4n) is 3.08. The molecule has 6 heteroatoms. The zero-order valence-corrected chi connectivity index (χ0v) is 17.4. The van der Waals surface area contributed by atoms with Crippen LogP contribution in [0.5, 0.6) is 11.5 Å². The minimum atomic E-state index is -0.437. The van der Waals surface area contributed by atoms with Gasteiger partial charge in [-0.2, -0.15) is 0 Å². The van der Waals surface area contributed by atoms with Gasteiger partial charge in [-0.1, -0.05) is 54.6 Å². The van der Waals surface area contributed by atoms with Gasteiger partial charge in [0.05, 0.1) is 26.1 Å². The third-order valence-corrected chi connectivity index (χ3v) is 4.67. The summed E-state index contributed by atoms with van der Waals surface area (Å²) in [6, 6.07) is 25.3. The third-order valence-electron chi connectivity index (χ3n) is 4.67. The van der Waals surface area contributed by atoms with Crippen LogP contribution in [0.3, 0.4) is 0 Å². The van der Waals surface area contributed by atoms with E-state index >= 15 is 0 Å². The van der Waals surface area contributed by atoms with Crippen LogP contribution in [0.1, 0.15) is 28.4 Å². The van der Waals surface area contributed by atoms with Crippen molar-refractivity contribution in [3.8, 4) is 11.5 Å². The summed E-state index contributed by atoms with van der Waals surface area (Å²) in [5, 5.41) is 5.81. The molecule has 0 aliphatic carbocycles. The maximum Gasteiger partial charge on any atom is 0.251 e. The van der Waals surface area contributed by atoms with Gasteiger partial charge in [-0.15, -0.1) is 0 Å². The van der Waals surface area contributed by atoms with Gasteiger partial charge >= 0.3 is 0 Å². The minimum absolute atomic E-state index is 0.127. The summed E-state index contributed by atoms with van der Waals surface area (Å²) in [7, 11) is 1.60. The Morgan fingerprint density at radius 3 is 2.26 bits per heavy atom. The van der Waals surface area contributed by atoms with Gasteiger partial charge in [-0.05, 0) is 29.8 Å². The van der Waals surface area contributed by atoms with Crippen molar-refractivity contribution in [2.45, 2.75) is 12.5 Å². The topological polar surface area (TPSA) is 76.7 Å². The summed E-state index contributed by atoms with van der Waals surface area (Å²) in [5.41, 5.74) is 1.42. The molecule has 0 fully saturated rings. The molecule has 0 bridgehead atoms. The van der Waals surface area contributed by atoms with Crippen LogP contribution in [-0.4, -0.2) is 32.1 Å². The van der Waals surface area contributed by atoms with Crippen LogP contribution < -0.4 is 20.1 Å². The molecule has 0 saturated heterocycles. The Hall–Kier alpha value is -3.80. The van der Waals surface area contributed by atoms with Crippen molar-refractivity contribution >= 4 is 11.8 Å². The van der Waals surface area contributed by atoms with E-state index in [1.165, 1.54) is 0 Å². The fraction of sp³-hybridized carbons (Fsp3) is 0.200. The van der Waals surface area contributed by atoms with Crippen LogP contribution in [0.2, 0.25) is 0 Å². The monoisotopic (exact) mass is 418 g/mol. The molecule has 0 heterocycles. The normalized spacial score (nSPS) is 11.3. The maximum atomic E-state index is 12.6. The first kappa shape index (κ1) is 21.9. The van der Waals surface area contributed by atoms with Crippen molar-refractivity contribution in [2.24, 2.45) is 0 Å². The van der Waals surface area contributed by atoms with Gasteiger partial charge in [0.1, 0.15) is 18.1 Å². The quantitative estimate of drug-likeness (QED) is 0.492. The molecule has 3 aromatic carbocycles. The number of rotatable bonds is 10. The number of hydrogen-bond acceptors (Lipinski definition) is 4. The van der Waals surface area contributed by atoms with E-state index in [0.29, 0.717) is 30.2 Å². The van der Waals surface area contributed by atoms with E-state index in [2.05, 4.69) is 10.6 Å². The number of hydrogen-bond donors (Lipinski definition) is 2. The van der Waals surface area contributed by atoms with Crippen molar-refractivity contribution in [1.82, 2.24) is 10.6 Å². The molecule has 1 unspecified atom stereocenters. The van der Waals surface area contributed by atoms with E-state index < -0.39 is 6.04 Å². The molecule has 0 radical (unpaired) electrons. The molecule has 3 aromatic rings. The first-order valence-corrected chi connectivity index (χ1v) is 10.1. The molecule has 0 saturated carbocycles. The zero-order chi connectivity index (χ0) is 21.9. The molecule has 0 aliphatic heterocycles. The molecule has 160 valence electrons. The van der Waals surface area contributed by atoms with Crippen molar-refractivity contribution in [3.63, 3.8) is 0 Å². The van der Waals surface area contributed by atoms with Crippen LogP contribution >= 0.6 is 0 Å². The highest BCUT2D eigenvalue weighted by molar-refractivity contribution is 5.94. The van der Waals surface area contributed by atoms with Crippen molar-refractivity contribution in [2.75, 3.05) is 20.3 Å². The van der Waals surface area contributed by atoms with Crippen LogP contribution in [0.4, 0.5) is 0 Å². The molecular formula is C25H26N2O4. The summed E-state index contributed by atoms with van der Waals surface area (Å²) in [6.45, 7) is 0.676. The second-order valence-corrected chi connectivity index (χ2v) is 6.88. The highest BCUT2D eigenvalue weighted by Crippen LogP contribution is 2.19. The highest BCUT2D eigenvalue weighted by Gasteiger charge is 2.19. The minimum Gasteiger partial charge on any atom is -0.497 e. The lowest BCUT2D eigenvalue weighted by molar-refractivity contribution is -0.121. The standard InChI is InChI=1S/C25H26N2O4/c1-30-21-13-8-14-22(17-21)31-16-15-26-24(28)18-23(19-9-4-2-5-10-19)27-25(29)20-11-6-3-7-12-20/h2-14,17,23H,15-16,18H2,1H3,(H,26,28)(H,27,29). The lowest BCUT2D eigenvalue weighted by Crippen LogP contribution is -2.35. The first-order valence-electron chi connectivity index (χ1n) is 10.1. The molecule has 0 aliphatic rings. The largest absolute Gasteiger partial charge is 0.497 e. The van der Waals surface area contributed by atoms with Crippen molar-refractivity contribution in [1.29, 1.82) is 0 Å². The molecule has 31 heavy (non-hydrogen) atoms. The van der Waals surface area contributed by atoms with Crippen molar-refractivity contribution in [3.05, 3.63) is 96.1 Å². The van der Waals surface area contributed by atoms with E-state index in [0.717, 1.165) is 5.56 Å². The van der Waals surface area contributed by atoms with Crippen LogP contribution in [0.25, 0.3) is 0 Å². The molecule has 6 nitrogen and oxygen atoms in total. The SMILES string of the molecule is COc1cccc(OCCNC(=O)CC(NC(=O)c2ccccc2)c2ccccc2)c1. The maximum absolute atomic E-state index is 12.6. The number of carbonyl (C=O) groups is 2. The van der Waals surface area contributed by atoms with Crippen LogP contribution in [0.15, 0.2) is 84.9 Å². The van der Waals surface area contributed by atoms with E-state index in [-0.39, 0.29) is 18.2 Å². The first-order chi connectivity index (χ1) is 15.2. The number of amides is 2. The number of nitrogens with one attached hydrogen (secondary N) is 2. The van der Waals surface area contributed by atoms with Gasteiger partial charge in [0, 0.05) is 11.6 Å². The Balaban J connectivity index is 1.53. The van der Waals surface area contributed by atoms with Crippen LogP contribution in [-0.2, 0) is 4.79 Å². The zero-order valence-electron chi connectivity index (χ0n) is 17.4. The molecule has 3 rings (SSSR count). The predicted molar refractivity (Wildman–Crippen MR) is 119 cm³/mol. The van der Waals surface area contributed by atoms with Crippen LogP contribution in [0, 0.1) is 0 Å². The third kappa shape index (κ3) is 6.89. The molecule has 2 N–H and O–H groups in total. The fourth-order valence-corrected chi connectivity index (χ4v) is 3.08. The summed E-state index contributed by atoms with van der Waals surface area (Å²) < 4.78 is 10.8. The van der Waals surface area contributed by atoms with Crippen molar-refractivity contribution < 1.29 is 19.1 Å². The summed E-state index contributed by atoms with van der Waals surface area (Å²) in [5.74, 6) is 0.993. The Bertz CT molecular complexity index is 977. The Morgan fingerprint density at radius 2 is 1.55 bits per heavy atom. The summed E-state index contributed by atoms with van der Waals surface area (Å²) >= 11 is 0. The predicted octanol–water partition coefficient (Wildman–Crippen LogP) is 3.75. The Labute approximate surface area is 182 Å². The van der Waals surface area contributed by atoms with E-state index in [9.17, 15) is 9.59 Å². The molecule has 0 aromatic heterocycles. The van der Waals surface area contributed by atoms with Gasteiger partial charge in [0.2, 0.25) is 5.91 Å². The second-order valence-electron chi connectivity index (χ2n) is 6.88. The average molecular weight is 418 g/mol. The number of methoxy groups -OCH3 is 1. The van der Waals surface area contributed by atoms with Gasteiger partial charge in [0.15, 0.2) is 0 Å². The van der Waals surface area contributed by atoms with E-state index in [1.807, 2.05) is 66.7 Å². The average Bonchev–Trinajstić information content (AvgIpc) is 2.82.